The Labute approximate surface area is 125 Å². The van der Waals surface area contributed by atoms with Gasteiger partial charge in [0.05, 0.1) is 5.92 Å². The minimum Gasteiger partial charge on any atom is -0.459 e. The average molecular weight is 282 g/mol. The summed E-state index contributed by atoms with van der Waals surface area (Å²) in [4.78, 5) is 12.5. The Hall–Kier alpha value is -0.530. The minimum absolute atomic E-state index is 0.0337. The highest BCUT2D eigenvalue weighted by molar-refractivity contribution is 5.73. The molecule has 118 valence electrons. The van der Waals surface area contributed by atoms with Gasteiger partial charge in [-0.15, -0.1) is 0 Å². The van der Waals surface area contributed by atoms with E-state index in [1.807, 2.05) is 0 Å². The number of carbonyl (C=O) groups is 1. The van der Waals surface area contributed by atoms with Crippen LogP contribution in [0.2, 0.25) is 0 Å². The summed E-state index contributed by atoms with van der Waals surface area (Å²) in [6.07, 6.45) is 6.52. The molecule has 1 rings (SSSR count). The van der Waals surface area contributed by atoms with Gasteiger partial charge in [0.15, 0.2) is 0 Å². The first kappa shape index (κ1) is 17.5. The first-order valence-corrected chi connectivity index (χ1v) is 8.17. The van der Waals surface area contributed by atoms with E-state index >= 15 is 0 Å². The molecule has 1 aliphatic rings. The van der Waals surface area contributed by atoms with E-state index in [0.717, 1.165) is 19.3 Å². The van der Waals surface area contributed by atoms with Gasteiger partial charge in [-0.25, -0.2) is 0 Å². The average Bonchev–Trinajstić information content (AvgIpc) is 2.26. The van der Waals surface area contributed by atoms with Crippen LogP contribution in [0.4, 0.5) is 0 Å². The second-order valence-electron chi connectivity index (χ2n) is 8.97. The standard InChI is InChI=1S/C18H34O2/c1-16(2,3)13-18(7,17(4,5)6)20-15(19)14-11-9-8-10-12-14/h14H,8-13H2,1-7H3. The van der Waals surface area contributed by atoms with E-state index in [-0.39, 0.29) is 22.7 Å². The normalized spacial score (nSPS) is 21.4. The fraction of sp³-hybridized carbons (Fsp3) is 0.944. The van der Waals surface area contributed by atoms with Gasteiger partial charge in [0.25, 0.3) is 0 Å². The third kappa shape index (κ3) is 4.79. The Balaban J connectivity index is 2.81. The van der Waals surface area contributed by atoms with Crippen LogP contribution in [0.1, 0.15) is 87.0 Å². The van der Waals surface area contributed by atoms with Crippen LogP contribution >= 0.6 is 0 Å². The number of ether oxygens (including phenoxy) is 1. The molecule has 1 saturated carbocycles. The van der Waals surface area contributed by atoms with E-state index < -0.39 is 5.60 Å². The predicted molar refractivity (Wildman–Crippen MR) is 84.6 cm³/mol. The minimum atomic E-state index is -0.403. The summed E-state index contributed by atoms with van der Waals surface area (Å²) in [5, 5.41) is 0. The van der Waals surface area contributed by atoms with Gasteiger partial charge in [-0.2, -0.15) is 0 Å². The Morgan fingerprint density at radius 3 is 1.85 bits per heavy atom. The van der Waals surface area contributed by atoms with Crippen LogP contribution in [0.15, 0.2) is 0 Å². The lowest BCUT2D eigenvalue weighted by atomic mass is 9.69. The second kappa shape index (κ2) is 6.07. The van der Waals surface area contributed by atoms with E-state index in [0.29, 0.717) is 0 Å². The van der Waals surface area contributed by atoms with E-state index in [1.165, 1.54) is 19.3 Å². The molecule has 20 heavy (non-hydrogen) atoms. The van der Waals surface area contributed by atoms with Crippen LogP contribution in [0.25, 0.3) is 0 Å². The fourth-order valence-electron chi connectivity index (χ4n) is 3.11. The molecule has 0 aromatic heterocycles. The molecule has 0 bridgehead atoms. The maximum atomic E-state index is 12.5. The third-order valence-electron chi connectivity index (χ3n) is 4.72. The molecule has 0 saturated heterocycles. The van der Waals surface area contributed by atoms with Crippen molar-refractivity contribution >= 4 is 5.97 Å². The second-order valence-corrected chi connectivity index (χ2v) is 8.97. The Kier molecular flexibility index (Phi) is 5.32. The largest absolute Gasteiger partial charge is 0.459 e. The van der Waals surface area contributed by atoms with Crippen molar-refractivity contribution in [3.63, 3.8) is 0 Å². The summed E-state index contributed by atoms with van der Waals surface area (Å²) in [6.45, 7) is 15.3. The molecule has 0 radical (unpaired) electrons. The summed E-state index contributed by atoms with van der Waals surface area (Å²) in [5.74, 6) is 0.164. The molecule has 0 aliphatic heterocycles. The van der Waals surface area contributed by atoms with Gasteiger partial charge in [0.1, 0.15) is 5.60 Å². The molecular weight excluding hydrogens is 248 g/mol. The molecule has 1 aliphatic carbocycles. The van der Waals surface area contributed by atoms with Crippen LogP contribution in [0.3, 0.4) is 0 Å². The van der Waals surface area contributed by atoms with Crippen molar-refractivity contribution in [3.05, 3.63) is 0 Å². The molecule has 0 spiro atoms. The summed E-state index contributed by atoms with van der Waals surface area (Å²) >= 11 is 0. The van der Waals surface area contributed by atoms with Gasteiger partial charge in [-0.05, 0) is 31.6 Å². The predicted octanol–water partition coefficient (Wildman–Crippen LogP) is 5.35. The molecule has 0 amide bonds. The lowest BCUT2D eigenvalue weighted by Crippen LogP contribution is -2.48. The van der Waals surface area contributed by atoms with E-state index in [9.17, 15) is 4.79 Å². The van der Waals surface area contributed by atoms with E-state index in [2.05, 4.69) is 48.5 Å². The van der Waals surface area contributed by atoms with Gasteiger partial charge in [0.2, 0.25) is 0 Å². The van der Waals surface area contributed by atoms with Crippen molar-refractivity contribution in [1.82, 2.24) is 0 Å². The Bertz CT molecular complexity index is 326. The maximum absolute atomic E-state index is 12.5. The number of hydrogen-bond donors (Lipinski definition) is 0. The van der Waals surface area contributed by atoms with Gasteiger partial charge in [-0.1, -0.05) is 60.8 Å². The molecular formula is C18H34O2. The number of carbonyl (C=O) groups excluding carboxylic acids is 1. The van der Waals surface area contributed by atoms with Gasteiger partial charge >= 0.3 is 5.97 Å². The van der Waals surface area contributed by atoms with E-state index in [1.54, 1.807) is 0 Å². The Morgan fingerprint density at radius 1 is 0.950 bits per heavy atom. The molecule has 0 heterocycles. The van der Waals surface area contributed by atoms with Gasteiger partial charge in [-0.3, -0.25) is 4.79 Å². The third-order valence-corrected chi connectivity index (χ3v) is 4.72. The first-order chi connectivity index (χ1) is 8.95. The molecule has 0 aromatic carbocycles. The zero-order valence-electron chi connectivity index (χ0n) is 14.6. The topological polar surface area (TPSA) is 26.3 Å². The SMILES string of the molecule is CC(C)(C)CC(C)(OC(=O)C1CCCCC1)C(C)(C)C. The lowest BCUT2D eigenvalue weighted by molar-refractivity contribution is -0.181. The quantitative estimate of drug-likeness (QED) is 0.652. The van der Waals surface area contributed by atoms with Crippen molar-refractivity contribution in [2.75, 3.05) is 0 Å². The van der Waals surface area contributed by atoms with Crippen molar-refractivity contribution in [1.29, 1.82) is 0 Å². The van der Waals surface area contributed by atoms with Crippen LogP contribution < -0.4 is 0 Å². The van der Waals surface area contributed by atoms with Crippen LogP contribution in [-0.2, 0) is 9.53 Å². The monoisotopic (exact) mass is 282 g/mol. The summed E-state index contributed by atoms with van der Waals surface area (Å²) in [6, 6.07) is 0. The Morgan fingerprint density at radius 2 is 1.45 bits per heavy atom. The highest BCUT2D eigenvalue weighted by atomic mass is 16.6. The van der Waals surface area contributed by atoms with Crippen LogP contribution in [-0.4, -0.2) is 11.6 Å². The van der Waals surface area contributed by atoms with Crippen molar-refractivity contribution < 1.29 is 9.53 Å². The molecule has 2 heteroatoms. The van der Waals surface area contributed by atoms with Gasteiger partial charge in [0, 0.05) is 5.41 Å². The smallest absolute Gasteiger partial charge is 0.309 e. The van der Waals surface area contributed by atoms with Crippen molar-refractivity contribution in [2.45, 2.75) is 92.6 Å². The molecule has 1 unspecified atom stereocenters. The zero-order valence-corrected chi connectivity index (χ0v) is 14.6. The summed E-state index contributed by atoms with van der Waals surface area (Å²) in [7, 11) is 0. The van der Waals surface area contributed by atoms with Crippen molar-refractivity contribution in [2.24, 2.45) is 16.7 Å². The van der Waals surface area contributed by atoms with Crippen LogP contribution in [0, 0.1) is 16.7 Å². The molecule has 2 nitrogen and oxygen atoms in total. The highest BCUT2D eigenvalue weighted by Crippen LogP contribution is 2.43. The lowest BCUT2D eigenvalue weighted by Gasteiger charge is -2.45. The fourth-order valence-corrected chi connectivity index (χ4v) is 3.11. The summed E-state index contributed by atoms with van der Waals surface area (Å²) < 4.78 is 6.08. The first-order valence-electron chi connectivity index (χ1n) is 8.17. The van der Waals surface area contributed by atoms with Crippen molar-refractivity contribution in [3.8, 4) is 0 Å². The molecule has 0 N–H and O–H groups in total. The van der Waals surface area contributed by atoms with Crippen LogP contribution in [0.5, 0.6) is 0 Å². The molecule has 1 fully saturated rings. The number of hydrogen-bond acceptors (Lipinski definition) is 2. The van der Waals surface area contributed by atoms with Gasteiger partial charge < -0.3 is 4.74 Å². The zero-order chi connectivity index (χ0) is 15.6. The van der Waals surface area contributed by atoms with E-state index in [4.69, 9.17) is 4.74 Å². The molecule has 0 aromatic rings. The molecule has 1 atom stereocenters. The highest BCUT2D eigenvalue weighted by Gasteiger charge is 2.44. The summed E-state index contributed by atoms with van der Waals surface area (Å²) in [5.41, 5.74) is -0.306. The number of rotatable bonds is 3. The number of esters is 1. The maximum Gasteiger partial charge on any atom is 0.309 e.